The molecule has 2 aromatic carbocycles. The fourth-order valence-electron chi connectivity index (χ4n) is 2.28. The molecule has 2 rings (SSSR count). The van der Waals surface area contributed by atoms with Gasteiger partial charge >= 0.3 is 0 Å². The van der Waals surface area contributed by atoms with Gasteiger partial charge in [0.25, 0.3) is 0 Å². The van der Waals surface area contributed by atoms with Gasteiger partial charge in [0.15, 0.2) is 0 Å². The molecule has 2 aromatic rings. The maximum Gasteiger partial charge on any atom is 0.124 e. The van der Waals surface area contributed by atoms with Crippen molar-refractivity contribution in [2.75, 3.05) is 13.7 Å². The second-order valence-corrected chi connectivity index (χ2v) is 5.45. The van der Waals surface area contributed by atoms with Crippen molar-refractivity contribution in [3.63, 3.8) is 0 Å². The Bertz CT molecular complexity index is 613. The monoisotopic (exact) mass is 327 g/mol. The summed E-state index contributed by atoms with van der Waals surface area (Å²) in [5.41, 5.74) is 1.57. The SMILES string of the molecule is CCNC(c1cc(Cl)cc(Cl)c1)c1cc(F)ccc1OC. The lowest BCUT2D eigenvalue weighted by Crippen LogP contribution is -2.22. The van der Waals surface area contributed by atoms with Crippen molar-refractivity contribution in [3.05, 3.63) is 63.4 Å². The Kier molecular flexibility index (Phi) is 5.45. The van der Waals surface area contributed by atoms with Gasteiger partial charge < -0.3 is 10.1 Å². The third-order valence-electron chi connectivity index (χ3n) is 3.13. The van der Waals surface area contributed by atoms with Crippen LogP contribution < -0.4 is 10.1 Å². The molecule has 0 aliphatic rings. The summed E-state index contributed by atoms with van der Waals surface area (Å²) >= 11 is 12.1. The standard InChI is InChI=1S/C16H16Cl2FNO/c1-3-20-16(10-6-11(17)8-12(18)7-10)14-9-13(19)4-5-15(14)21-2/h4-9,16,20H,3H2,1-2H3. The molecule has 1 N–H and O–H groups in total. The predicted octanol–water partition coefficient (Wildman–Crippen LogP) is 4.84. The highest BCUT2D eigenvalue weighted by Gasteiger charge is 2.19. The highest BCUT2D eigenvalue weighted by atomic mass is 35.5. The van der Waals surface area contributed by atoms with Crippen molar-refractivity contribution in [3.8, 4) is 5.75 Å². The summed E-state index contributed by atoms with van der Waals surface area (Å²) in [5, 5.41) is 4.38. The van der Waals surface area contributed by atoms with Crippen LogP contribution in [0, 0.1) is 5.82 Å². The van der Waals surface area contributed by atoms with Crippen LogP contribution >= 0.6 is 23.2 Å². The molecule has 0 spiro atoms. The summed E-state index contributed by atoms with van der Waals surface area (Å²) in [5.74, 6) is 0.292. The molecule has 0 aliphatic carbocycles. The second kappa shape index (κ2) is 7.12. The van der Waals surface area contributed by atoms with Crippen LogP contribution in [0.15, 0.2) is 36.4 Å². The lowest BCUT2D eigenvalue weighted by molar-refractivity contribution is 0.402. The molecule has 0 heterocycles. The fourth-order valence-corrected chi connectivity index (χ4v) is 2.83. The smallest absolute Gasteiger partial charge is 0.124 e. The number of nitrogens with one attached hydrogen (secondary N) is 1. The van der Waals surface area contributed by atoms with Gasteiger partial charge in [-0.1, -0.05) is 30.1 Å². The molecule has 0 radical (unpaired) electrons. The predicted molar refractivity (Wildman–Crippen MR) is 84.9 cm³/mol. The van der Waals surface area contributed by atoms with Crippen molar-refractivity contribution in [2.45, 2.75) is 13.0 Å². The Morgan fingerprint density at radius 3 is 2.38 bits per heavy atom. The van der Waals surface area contributed by atoms with E-state index in [1.165, 1.54) is 12.1 Å². The first kappa shape index (κ1) is 16.1. The average Bonchev–Trinajstić information content (AvgIpc) is 2.43. The van der Waals surface area contributed by atoms with E-state index in [2.05, 4.69) is 5.32 Å². The van der Waals surface area contributed by atoms with Crippen molar-refractivity contribution in [1.82, 2.24) is 5.32 Å². The topological polar surface area (TPSA) is 21.3 Å². The van der Waals surface area contributed by atoms with Gasteiger partial charge in [-0.05, 0) is 48.5 Å². The maximum atomic E-state index is 13.6. The highest BCUT2D eigenvalue weighted by Crippen LogP contribution is 2.33. The molecule has 0 saturated carbocycles. The minimum absolute atomic E-state index is 0.253. The van der Waals surface area contributed by atoms with Crippen LogP contribution in [0.1, 0.15) is 24.1 Å². The first-order valence-electron chi connectivity index (χ1n) is 6.58. The van der Waals surface area contributed by atoms with E-state index < -0.39 is 0 Å². The Labute approximate surface area is 133 Å². The van der Waals surface area contributed by atoms with Gasteiger partial charge in [0.2, 0.25) is 0 Å². The van der Waals surface area contributed by atoms with Gasteiger partial charge in [-0.2, -0.15) is 0 Å². The highest BCUT2D eigenvalue weighted by molar-refractivity contribution is 6.34. The quantitative estimate of drug-likeness (QED) is 0.848. The number of rotatable bonds is 5. The normalized spacial score (nSPS) is 12.2. The molecule has 0 bridgehead atoms. The molecule has 1 atom stereocenters. The number of halogens is 3. The van der Waals surface area contributed by atoms with E-state index in [0.717, 1.165) is 5.56 Å². The van der Waals surface area contributed by atoms with E-state index in [1.54, 1.807) is 19.2 Å². The lowest BCUT2D eigenvalue weighted by Gasteiger charge is -2.22. The molecule has 2 nitrogen and oxygen atoms in total. The summed E-state index contributed by atoms with van der Waals surface area (Å²) in [6, 6.07) is 9.48. The van der Waals surface area contributed by atoms with Crippen LogP contribution in [-0.4, -0.2) is 13.7 Å². The first-order chi connectivity index (χ1) is 10.0. The van der Waals surface area contributed by atoms with E-state index in [0.29, 0.717) is 27.9 Å². The van der Waals surface area contributed by atoms with Crippen LogP contribution in [0.25, 0.3) is 0 Å². The van der Waals surface area contributed by atoms with E-state index in [9.17, 15) is 4.39 Å². The Balaban J connectivity index is 2.55. The molecule has 0 amide bonds. The van der Waals surface area contributed by atoms with Gasteiger partial charge in [0.1, 0.15) is 11.6 Å². The molecule has 0 saturated heterocycles. The molecule has 0 aliphatic heterocycles. The van der Waals surface area contributed by atoms with Crippen molar-refractivity contribution >= 4 is 23.2 Å². The average molecular weight is 328 g/mol. The van der Waals surface area contributed by atoms with Crippen molar-refractivity contribution in [1.29, 1.82) is 0 Å². The molecule has 112 valence electrons. The van der Waals surface area contributed by atoms with Gasteiger partial charge in [0.05, 0.1) is 13.2 Å². The van der Waals surface area contributed by atoms with E-state index >= 15 is 0 Å². The zero-order valence-electron chi connectivity index (χ0n) is 11.8. The summed E-state index contributed by atoms with van der Waals surface area (Å²) in [4.78, 5) is 0. The zero-order chi connectivity index (χ0) is 15.4. The number of ether oxygens (including phenoxy) is 1. The van der Waals surface area contributed by atoms with E-state index in [4.69, 9.17) is 27.9 Å². The molecule has 1 unspecified atom stereocenters. The Hall–Kier alpha value is -1.29. The minimum Gasteiger partial charge on any atom is -0.496 e. The van der Waals surface area contributed by atoms with E-state index in [-0.39, 0.29) is 11.9 Å². The van der Waals surface area contributed by atoms with Crippen LogP contribution in [-0.2, 0) is 0 Å². The summed E-state index contributed by atoms with van der Waals surface area (Å²) in [6.45, 7) is 2.68. The van der Waals surface area contributed by atoms with E-state index in [1.807, 2.05) is 19.1 Å². The molecule has 5 heteroatoms. The number of hydrogen-bond donors (Lipinski definition) is 1. The van der Waals surface area contributed by atoms with Gasteiger partial charge in [0, 0.05) is 15.6 Å². The first-order valence-corrected chi connectivity index (χ1v) is 7.33. The van der Waals surface area contributed by atoms with Crippen LogP contribution in [0.5, 0.6) is 5.75 Å². The summed E-state index contributed by atoms with van der Waals surface area (Å²) in [7, 11) is 1.56. The minimum atomic E-state index is -0.318. The fraction of sp³-hybridized carbons (Fsp3) is 0.250. The number of methoxy groups -OCH3 is 1. The maximum absolute atomic E-state index is 13.6. The second-order valence-electron chi connectivity index (χ2n) is 4.58. The third kappa shape index (κ3) is 3.88. The third-order valence-corrected chi connectivity index (χ3v) is 3.57. The molecular weight excluding hydrogens is 312 g/mol. The van der Waals surface area contributed by atoms with Crippen LogP contribution in [0.4, 0.5) is 4.39 Å². The summed E-state index contributed by atoms with van der Waals surface area (Å²) < 4.78 is 19.0. The molecule has 21 heavy (non-hydrogen) atoms. The van der Waals surface area contributed by atoms with Gasteiger partial charge in [-0.15, -0.1) is 0 Å². The van der Waals surface area contributed by atoms with Crippen LogP contribution in [0.2, 0.25) is 10.0 Å². The number of benzene rings is 2. The van der Waals surface area contributed by atoms with Crippen LogP contribution in [0.3, 0.4) is 0 Å². The molecular formula is C16H16Cl2FNO. The number of hydrogen-bond acceptors (Lipinski definition) is 2. The largest absolute Gasteiger partial charge is 0.496 e. The molecule has 0 aromatic heterocycles. The van der Waals surface area contributed by atoms with Gasteiger partial charge in [-0.25, -0.2) is 4.39 Å². The molecule has 0 fully saturated rings. The Morgan fingerprint density at radius 2 is 1.81 bits per heavy atom. The van der Waals surface area contributed by atoms with Crippen molar-refractivity contribution in [2.24, 2.45) is 0 Å². The zero-order valence-corrected chi connectivity index (χ0v) is 13.3. The van der Waals surface area contributed by atoms with Gasteiger partial charge in [-0.3, -0.25) is 0 Å². The van der Waals surface area contributed by atoms with Crippen molar-refractivity contribution < 1.29 is 9.13 Å². The Morgan fingerprint density at radius 1 is 1.14 bits per heavy atom. The summed E-state index contributed by atoms with van der Waals surface area (Å²) in [6.07, 6.45) is 0. The lowest BCUT2D eigenvalue weighted by atomic mass is 9.97.